The number of rotatable bonds is 8. The Morgan fingerprint density at radius 2 is 1.13 bits per heavy atom. The zero-order valence-corrected chi connectivity index (χ0v) is 27.6. The first-order valence-corrected chi connectivity index (χ1v) is 15.8. The summed E-state index contributed by atoms with van der Waals surface area (Å²) in [5.74, 6) is 1.12. The van der Waals surface area contributed by atoms with Crippen molar-refractivity contribution in [1.29, 1.82) is 0 Å². The predicted octanol–water partition coefficient (Wildman–Crippen LogP) is 10.3. The summed E-state index contributed by atoms with van der Waals surface area (Å²) in [5.41, 5.74) is 1.33. The molecule has 0 saturated heterocycles. The third-order valence-corrected chi connectivity index (χ3v) is 12.5. The lowest BCUT2D eigenvalue weighted by Gasteiger charge is -2.40. The van der Waals surface area contributed by atoms with Gasteiger partial charge < -0.3 is 4.79 Å². The number of hydrogen-bond acceptors (Lipinski definition) is 3. The van der Waals surface area contributed by atoms with Crippen molar-refractivity contribution in [1.82, 2.24) is 0 Å². The van der Waals surface area contributed by atoms with E-state index in [0.717, 1.165) is 25.7 Å². The van der Waals surface area contributed by atoms with Gasteiger partial charge in [-0.05, 0) is 93.8 Å². The highest BCUT2D eigenvalue weighted by molar-refractivity contribution is 5.83. The summed E-state index contributed by atoms with van der Waals surface area (Å²) in [5, 5.41) is 0. The molecule has 0 aromatic heterocycles. The van der Waals surface area contributed by atoms with E-state index in [4.69, 9.17) is 0 Å². The summed E-state index contributed by atoms with van der Waals surface area (Å²) >= 11 is 0. The highest BCUT2D eigenvalue weighted by Crippen LogP contribution is 2.57. The molecule has 0 aromatic rings. The van der Waals surface area contributed by atoms with Crippen molar-refractivity contribution in [2.75, 3.05) is 0 Å². The molecule has 3 rings (SSSR count). The predicted molar refractivity (Wildman–Crippen MR) is 162 cm³/mol. The summed E-state index contributed by atoms with van der Waals surface area (Å²) in [6, 6.07) is 0. The van der Waals surface area contributed by atoms with Crippen LogP contribution in [0.25, 0.3) is 0 Å². The monoisotopic (exact) mass is 532 g/mol. The van der Waals surface area contributed by atoms with Gasteiger partial charge in [0.1, 0.15) is 17.3 Å². The van der Waals surface area contributed by atoms with Crippen molar-refractivity contribution in [3.63, 3.8) is 0 Å². The second-order valence-corrected chi connectivity index (χ2v) is 15.2. The number of ketones is 3. The van der Waals surface area contributed by atoms with E-state index in [-0.39, 0.29) is 21.7 Å². The van der Waals surface area contributed by atoms with Gasteiger partial charge in [-0.1, -0.05) is 94.4 Å². The summed E-state index contributed by atoms with van der Waals surface area (Å²) < 4.78 is 0. The molecule has 0 aromatic carbocycles. The van der Waals surface area contributed by atoms with Crippen molar-refractivity contribution >= 4 is 17.3 Å². The molecule has 0 N–H and O–H groups in total. The van der Waals surface area contributed by atoms with Gasteiger partial charge in [-0.15, -0.1) is 0 Å². The van der Waals surface area contributed by atoms with Gasteiger partial charge in [0.2, 0.25) is 0 Å². The Morgan fingerprint density at radius 1 is 0.605 bits per heavy atom. The molecule has 3 heteroatoms. The minimum absolute atomic E-state index is 0.00917. The summed E-state index contributed by atoms with van der Waals surface area (Å²) in [7, 11) is 0. The Hall–Kier alpha value is -0.990. The van der Waals surface area contributed by atoms with Crippen molar-refractivity contribution < 1.29 is 14.4 Å². The lowest BCUT2D eigenvalue weighted by atomic mass is 9.64. The van der Waals surface area contributed by atoms with Crippen molar-refractivity contribution in [3.05, 3.63) is 0 Å². The maximum atomic E-state index is 11.7. The topological polar surface area (TPSA) is 51.2 Å². The summed E-state index contributed by atoms with van der Waals surface area (Å²) in [4.78, 5) is 34.2. The van der Waals surface area contributed by atoms with Gasteiger partial charge >= 0.3 is 0 Å². The van der Waals surface area contributed by atoms with Crippen LogP contribution in [0, 0.1) is 32.5 Å². The number of carbonyl (C=O) groups excluding carboxylic acids is 3. The fourth-order valence-corrected chi connectivity index (χ4v) is 8.19. The van der Waals surface area contributed by atoms with E-state index in [0.29, 0.717) is 28.2 Å². The Balaban J connectivity index is 0.000000285. The van der Waals surface area contributed by atoms with E-state index in [9.17, 15) is 14.4 Å². The van der Waals surface area contributed by atoms with Crippen LogP contribution < -0.4 is 0 Å². The molecule has 0 radical (unpaired) electrons. The Morgan fingerprint density at radius 3 is 1.53 bits per heavy atom. The maximum Gasteiger partial charge on any atom is 0.136 e. The van der Waals surface area contributed by atoms with Gasteiger partial charge in [0.25, 0.3) is 0 Å². The van der Waals surface area contributed by atoms with E-state index >= 15 is 0 Å². The molecular weight excluding hydrogens is 468 g/mol. The van der Waals surface area contributed by atoms with Crippen molar-refractivity contribution in [2.45, 2.75) is 173 Å². The third-order valence-electron chi connectivity index (χ3n) is 12.5. The molecular formula is C35H64O3. The largest absolute Gasteiger partial charge is 0.300 e. The Labute approximate surface area is 237 Å². The van der Waals surface area contributed by atoms with Gasteiger partial charge in [-0.2, -0.15) is 0 Å². The number of Topliss-reactive ketones (excluding diaryl/α,β-unsaturated/α-hetero) is 3. The molecule has 3 aliphatic rings. The highest BCUT2D eigenvalue weighted by atomic mass is 16.1. The first-order valence-electron chi connectivity index (χ1n) is 15.8. The molecule has 0 bridgehead atoms. The average molecular weight is 533 g/mol. The molecule has 222 valence electrons. The number of hydrogen-bond donors (Lipinski definition) is 0. The first-order chi connectivity index (χ1) is 17.3. The highest BCUT2D eigenvalue weighted by Gasteiger charge is 2.50. The zero-order chi connectivity index (χ0) is 29.6. The van der Waals surface area contributed by atoms with Crippen LogP contribution in [0.4, 0.5) is 0 Å². The first kappa shape index (κ1) is 35.0. The Bertz CT molecular complexity index is 829. The molecule has 0 aliphatic heterocycles. The van der Waals surface area contributed by atoms with E-state index in [1.807, 2.05) is 0 Å². The molecule has 0 amide bonds. The van der Waals surface area contributed by atoms with Crippen LogP contribution in [0.15, 0.2) is 0 Å². The average Bonchev–Trinajstić information content (AvgIpc) is 3.41. The van der Waals surface area contributed by atoms with Crippen molar-refractivity contribution in [2.24, 2.45) is 32.5 Å². The van der Waals surface area contributed by atoms with E-state index in [2.05, 4.69) is 62.3 Å². The molecule has 0 heterocycles. The van der Waals surface area contributed by atoms with Gasteiger partial charge in [0.15, 0.2) is 0 Å². The SMILES string of the molecule is CCC1(C)CCC(C)(C(C)=O)C1.CCC1(C)CCCC1(C)CC(C)=O.CCCC1(C)CCCC1(C)C(C)=O. The lowest BCUT2D eigenvalue weighted by Crippen LogP contribution is -2.38. The van der Waals surface area contributed by atoms with Gasteiger partial charge in [-0.25, -0.2) is 0 Å². The minimum Gasteiger partial charge on any atom is -0.300 e. The normalized spacial score (nSPS) is 40.1. The van der Waals surface area contributed by atoms with Crippen LogP contribution in [0.2, 0.25) is 0 Å². The number of carbonyl (C=O) groups is 3. The van der Waals surface area contributed by atoms with Gasteiger partial charge in [0.05, 0.1) is 0 Å². The van der Waals surface area contributed by atoms with E-state index in [1.165, 1.54) is 64.2 Å². The minimum atomic E-state index is -0.0387. The second kappa shape index (κ2) is 13.1. The molecule has 3 nitrogen and oxygen atoms in total. The van der Waals surface area contributed by atoms with Gasteiger partial charge in [0, 0.05) is 17.3 Å². The molecule has 38 heavy (non-hydrogen) atoms. The standard InChI is InChI=1S/2C12H22O.C11H20O/c1-5-11(3)7-6-8-12(11,4)9-10(2)13;1-5-7-11(3)8-6-9-12(11,4)10(2)13;1-5-10(3)6-7-11(4,8-10)9(2)12/h2*5-9H2,1-4H3;5-8H2,1-4H3. The van der Waals surface area contributed by atoms with Crippen LogP contribution in [0.5, 0.6) is 0 Å². The molecule has 3 saturated carbocycles. The second-order valence-electron chi connectivity index (χ2n) is 15.2. The summed E-state index contributed by atoms with van der Waals surface area (Å²) in [6.07, 6.45) is 16.4. The lowest BCUT2D eigenvalue weighted by molar-refractivity contribution is -0.131. The third kappa shape index (κ3) is 7.60. The molecule has 0 spiro atoms. The van der Waals surface area contributed by atoms with E-state index < -0.39 is 0 Å². The van der Waals surface area contributed by atoms with E-state index in [1.54, 1.807) is 20.8 Å². The fourth-order valence-electron chi connectivity index (χ4n) is 8.19. The van der Waals surface area contributed by atoms with Crippen LogP contribution in [-0.4, -0.2) is 17.3 Å². The van der Waals surface area contributed by atoms with Crippen LogP contribution in [0.3, 0.4) is 0 Å². The molecule has 3 aliphatic carbocycles. The van der Waals surface area contributed by atoms with Crippen LogP contribution in [0.1, 0.15) is 173 Å². The van der Waals surface area contributed by atoms with Crippen LogP contribution >= 0.6 is 0 Å². The fraction of sp³-hybridized carbons (Fsp3) is 0.914. The maximum absolute atomic E-state index is 11.7. The zero-order valence-electron chi connectivity index (χ0n) is 27.6. The van der Waals surface area contributed by atoms with Gasteiger partial charge in [-0.3, -0.25) is 9.59 Å². The Kier molecular flexibility index (Phi) is 12.1. The molecule has 6 atom stereocenters. The molecule has 3 fully saturated rings. The quantitative estimate of drug-likeness (QED) is 0.312. The van der Waals surface area contributed by atoms with Crippen molar-refractivity contribution in [3.8, 4) is 0 Å². The van der Waals surface area contributed by atoms with Crippen LogP contribution in [-0.2, 0) is 14.4 Å². The summed E-state index contributed by atoms with van der Waals surface area (Å²) in [6.45, 7) is 25.5. The molecule has 6 unspecified atom stereocenters. The smallest absolute Gasteiger partial charge is 0.136 e.